The number of thiophene rings is 1. The maximum Gasteiger partial charge on any atom is 0.0592 e. The molecule has 0 radical (unpaired) electrons. The summed E-state index contributed by atoms with van der Waals surface area (Å²) in [5, 5.41) is 2.20. The van der Waals surface area contributed by atoms with Gasteiger partial charge in [0.15, 0.2) is 0 Å². The van der Waals surface area contributed by atoms with Crippen LogP contribution >= 0.6 is 11.3 Å². The zero-order valence-corrected chi connectivity index (χ0v) is 7.95. The zero-order valence-electron chi connectivity index (χ0n) is 7.13. The molecule has 12 heavy (non-hydrogen) atoms. The molecule has 0 fully saturated rings. The van der Waals surface area contributed by atoms with E-state index in [0.717, 1.165) is 0 Å². The van der Waals surface area contributed by atoms with E-state index in [9.17, 15) is 0 Å². The largest absolute Gasteiger partial charge is 0.347 e. The number of hydrogen-bond donors (Lipinski definition) is 0. The summed E-state index contributed by atoms with van der Waals surface area (Å²) >= 11 is 1.89. The van der Waals surface area contributed by atoms with Gasteiger partial charge in [-0.15, -0.1) is 11.3 Å². The molecular formula is C10H11NS. The van der Waals surface area contributed by atoms with Gasteiger partial charge in [-0.25, -0.2) is 0 Å². The first-order valence-corrected chi connectivity index (χ1v) is 5.29. The molecule has 62 valence electrons. The van der Waals surface area contributed by atoms with Crippen molar-refractivity contribution < 1.29 is 0 Å². The molecule has 0 bridgehead atoms. The molecule has 2 heterocycles. The Bertz CT molecular complexity index is 436. The van der Waals surface area contributed by atoms with Gasteiger partial charge in [0.1, 0.15) is 0 Å². The SMILES string of the molecule is Cn1c2c(c3sccc31)CCC2. The minimum atomic E-state index is 1.28. The smallest absolute Gasteiger partial charge is 0.0592 e. The van der Waals surface area contributed by atoms with Crippen LogP contribution in [0.5, 0.6) is 0 Å². The van der Waals surface area contributed by atoms with Gasteiger partial charge in [-0.05, 0) is 36.3 Å². The quantitative estimate of drug-likeness (QED) is 0.583. The number of hydrogen-bond acceptors (Lipinski definition) is 1. The van der Waals surface area contributed by atoms with Gasteiger partial charge in [-0.2, -0.15) is 0 Å². The summed E-state index contributed by atoms with van der Waals surface area (Å²) in [6.45, 7) is 0. The van der Waals surface area contributed by atoms with Crippen molar-refractivity contribution in [1.82, 2.24) is 4.57 Å². The lowest BCUT2D eigenvalue weighted by Crippen LogP contribution is -1.92. The Kier molecular flexibility index (Phi) is 1.20. The van der Waals surface area contributed by atoms with Crippen LogP contribution in [0.2, 0.25) is 0 Å². The van der Waals surface area contributed by atoms with Crippen LogP contribution in [-0.2, 0) is 19.9 Å². The molecule has 0 atom stereocenters. The summed E-state index contributed by atoms with van der Waals surface area (Å²) in [7, 11) is 2.19. The van der Waals surface area contributed by atoms with Crippen molar-refractivity contribution in [3.05, 3.63) is 22.7 Å². The van der Waals surface area contributed by atoms with Crippen molar-refractivity contribution in [3.8, 4) is 0 Å². The summed E-state index contributed by atoms with van der Waals surface area (Å²) in [6, 6.07) is 2.23. The normalized spacial score (nSPS) is 15.8. The predicted molar refractivity (Wildman–Crippen MR) is 52.8 cm³/mol. The molecule has 2 aromatic rings. The van der Waals surface area contributed by atoms with E-state index in [1.165, 1.54) is 29.5 Å². The van der Waals surface area contributed by atoms with E-state index in [2.05, 4.69) is 23.1 Å². The zero-order chi connectivity index (χ0) is 8.13. The van der Waals surface area contributed by atoms with E-state index < -0.39 is 0 Å². The summed E-state index contributed by atoms with van der Waals surface area (Å²) in [4.78, 5) is 0. The third-order valence-electron chi connectivity index (χ3n) is 2.87. The molecule has 1 nitrogen and oxygen atoms in total. The van der Waals surface area contributed by atoms with Gasteiger partial charge in [0.2, 0.25) is 0 Å². The van der Waals surface area contributed by atoms with Crippen LogP contribution in [0.25, 0.3) is 10.2 Å². The summed E-state index contributed by atoms with van der Waals surface area (Å²) in [6.07, 6.45) is 3.94. The number of nitrogens with zero attached hydrogens (tertiary/aromatic N) is 1. The van der Waals surface area contributed by atoms with Gasteiger partial charge in [0, 0.05) is 12.7 Å². The molecule has 0 spiro atoms. The first kappa shape index (κ1) is 6.72. The lowest BCUT2D eigenvalue weighted by molar-refractivity contribution is 0.832. The van der Waals surface area contributed by atoms with Crippen LogP contribution in [-0.4, -0.2) is 4.57 Å². The Hall–Kier alpha value is -0.760. The highest BCUT2D eigenvalue weighted by Gasteiger charge is 2.19. The topological polar surface area (TPSA) is 4.93 Å². The van der Waals surface area contributed by atoms with Crippen molar-refractivity contribution in [2.45, 2.75) is 19.3 Å². The van der Waals surface area contributed by atoms with E-state index in [0.29, 0.717) is 0 Å². The van der Waals surface area contributed by atoms with Gasteiger partial charge in [-0.3, -0.25) is 0 Å². The minimum absolute atomic E-state index is 1.28. The molecule has 2 aromatic heterocycles. The van der Waals surface area contributed by atoms with E-state index in [4.69, 9.17) is 0 Å². The summed E-state index contributed by atoms with van der Waals surface area (Å²) in [5.41, 5.74) is 4.64. The van der Waals surface area contributed by atoms with E-state index in [-0.39, 0.29) is 0 Å². The van der Waals surface area contributed by atoms with Crippen molar-refractivity contribution >= 4 is 21.6 Å². The van der Waals surface area contributed by atoms with Gasteiger partial charge in [0.25, 0.3) is 0 Å². The monoisotopic (exact) mass is 177 g/mol. The van der Waals surface area contributed by atoms with Crippen LogP contribution in [0.15, 0.2) is 11.4 Å². The summed E-state index contributed by atoms with van der Waals surface area (Å²) < 4.78 is 3.90. The molecule has 0 aromatic carbocycles. The van der Waals surface area contributed by atoms with Crippen LogP contribution < -0.4 is 0 Å². The Morgan fingerprint density at radius 1 is 1.42 bits per heavy atom. The maximum atomic E-state index is 2.37. The fraction of sp³-hybridized carbons (Fsp3) is 0.400. The molecule has 3 rings (SSSR count). The average Bonchev–Trinajstić information content (AvgIpc) is 2.72. The highest BCUT2D eigenvalue weighted by Crippen LogP contribution is 2.35. The molecule has 0 unspecified atom stereocenters. The molecule has 0 aliphatic heterocycles. The Morgan fingerprint density at radius 2 is 2.33 bits per heavy atom. The van der Waals surface area contributed by atoms with E-state index in [1.807, 2.05) is 11.3 Å². The number of rotatable bonds is 0. The molecule has 1 aliphatic rings. The molecule has 1 aliphatic carbocycles. The van der Waals surface area contributed by atoms with Gasteiger partial charge >= 0.3 is 0 Å². The van der Waals surface area contributed by atoms with Crippen LogP contribution in [0.1, 0.15) is 17.7 Å². The van der Waals surface area contributed by atoms with Crippen molar-refractivity contribution in [1.29, 1.82) is 0 Å². The average molecular weight is 177 g/mol. The van der Waals surface area contributed by atoms with Crippen molar-refractivity contribution in [3.63, 3.8) is 0 Å². The standard InChI is InChI=1S/C10H11NS/c1-11-8-4-2-3-7(8)10-9(11)5-6-12-10/h5-6H,2-4H2,1H3. The van der Waals surface area contributed by atoms with Crippen LogP contribution in [0.4, 0.5) is 0 Å². The Balaban J connectivity index is 2.50. The Labute approximate surface area is 75.6 Å². The van der Waals surface area contributed by atoms with Crippen LogP contribution in [0.3, 0.4) is 0 Å². The highest BCUT2D eigenvalue weighted by atomic mass is 32.1. The van der Waals surface area contributed by atoms with E-state index in [1.54, 1.807) is 11.3 Å². The fourth-order valence-electron chi connectivity index (χ4n) is 2.28. The fourth-order valence-corrected chi connectivity index (χ4v) is 3.30. The molecule has 0 N–H and O–H groups in total. The molecule has 2 heteroatoms. The molecular weight excluding hydrogens is 166 g/mol. The van der Waals surface area contributed by atoms with Crippen molar-refractivity contribution in [2.75, 3.05) is 0 Å². The number of fused-ring (bicyclic) bond motifs is 3. The summed E-state index contributed by atoms with van der Waals surface area (Å²) in [5.74, 6) is 0. The van der Waals surface area contributed by atoms with Gasteiger partial charge in [-0.1, -0.05) is 0 Å². The molecule has 0 amide bonds. The third-order valence-corrected chi connectivity index (χ3v) is 3.84. The first-order chi connectivity index (χ1) is 5.88. The van der Waals surface area contributed by atoms with Gasteiger partial charge < -0.3 is 4.57 Å². The Morgan fingerprint density at radius 3 is 3.25 bits per heavy atom. The predicted octanol–water partition coefficient (Wildman–Crippen LogP) is 2.73. The van der Waals surface area contributed by atoms with Crippen LogP contribution in [0, 0.1) is 0 Å². The highest BCUT2D eigenvalue weighted by molar-refractivity contribution is 7.17. The first-order valence-electron chi connectivity index (χ1n) is 4.41. The van der Waals surface area contributed by atoms with Crippen molar-refractivity contribution in [2.24, 2.45) is 7.05 Å². The lowest BCUT2D eigenvalue weighted by atomic mass is 10.2. The molecule has 0 saturated carbocycles. The number of aryl methyl sites for hydroxylation is 2. The second-order valence-electron chi connectivity index (χ2n) is 3.47. The molecule has 0 saturated heterocycles. The minimum Gasteiger partial charge on any atom is -0.347 e. The maximum absolute atomic E-state index is 2.37. The van der Waals surface area contributed by atoms with Gasteiger partial charge in [0.05, 0.1) is 10.2 Å². The second kappa shape index (κ2) is 2.13. The second-order valence-corrected chi connectivity index (χ2v) is 4.39. The lowest BCUT2D eigenvalue weighted by Gasteiger charge is -1.97. The van der Waals surface area contributed by atoms with E-state index >= 15 is 0 Å². The number of aromatic nitrogens is 1. The third kappa shape index (κ3) is 0.643.